The Morgan fingerprint density at radius 2 is 1.51 bits per heavy atom. The standard InChI is InChI=1S/C54H59N7O12/c1-6-37-38-26-36(17-18-42(38)58-47-39(37)28-61-44(47)27-41-40(50(61)66)30-71-51(67)54(41,70)7-2)73-53(69)60-23-21-59(22-24-60)52(68)72-29-34-13-15-35(16-14-34)56-48(64)32(5)55-49(65)43(25-33-11-9-8-10-12-33)57-46(63)20-19-45(62)31(3)4/h8-18,26-27,31-32,43,70H,6-7,19-25,28-30H2,1-5H3,(H,55,65)(H,56,64)(H,57,63)/t32-,43-,54-/m0/s1. The summed E-state index contributed by atoms with van der Waals surface area (Å²) in [6.07, 6.45) is -0.344. The number of fused-ring (bicyclic) bond motifs is 5. The molecule has 3 aliphatic heterocycles. The molecule has 0 spiro atoms. The van der Waals surface area contributed by atoms with Gasteiger partial charge in [-0.2, -0.15) is 0 Å². The Kier molecular flexibility index (Phi) is 15.4. The number of piperazine rings is 1. The molecule has 2 aromatic heterocycles. The molecule has 0 unspecified atom stereocenters. The third kappa shape index (κ3) is 11.1. The number of hydrogen-bond acceptors (Lipinski definition) is 13. The zero-order chi connectivity index (χ0) is 52.1. The number of nitrogens with one attached hydrogen (secondary N) is 3. The molecule has 1 fully saturated rings. The Morgan fingerprint density at radius 1 is 0.808 bits per heavy atom. The quantitative estimate of drug-likeness (QED) is 0.0905. The Hall–Kier alpha value is -7.93. The Balaban J connectivity index is 0.806. The first-order chi connectivity index (χ1) is 35.0. The van der Waals surface area contributed by atoms with Crippen molar-refractivity contribution in [3.05, 3.63) is 123 Å². The first kappa shape index (κ1) is 51.4. The van der Waals surface area contributed by atoms with E-state index in [0.29, 0.717) is 40.3 Å². The molecule has 3 aromatic carbocycles. The highest BCUT2D eigenvalue weighted by Crippen LogP contribution is 2.41. The number of cyclic esters (lactones) is 1. The molecule has 19 heteroatoms. The number of benzene rings is 3. The summed E-state index contributed by atoms with van der Waals surface area (Å²) in [7, 11) is 0. The van der Waals surface area contributed by atoms with Crippen LogP contribution in [0.15, 0.2) is 83.7 Å². The summed E-state index contributed by atoms with van der Waals surface area (Å²) < 4.78 is 18.2. The highest BCUT2D eigenvalue weighted by Gasteiger charge is 2.45. The van der Waals surface area contributed by atoms with Gasteiger partial charge in [0.2, 0.25) is 17.7 Å². The minimum atomic E-state index is -1.94. The smallest absolute Gasteiger partial charge is 0.415 e. The molecule has 73 heavy (non-hydrogen) atoms. The molecule has 3 aliphatic rings. The maximum atomic E-state index is 13.7. The van der Waals surface area contributed by atoms with Crippen molar-refractivity contribution >= 4 is 58.3 Å². The summed E-state index contributed by atoms with van der Waals surface area (Å²) in [5, 5.41) is 20.2. The van der Waals surface area contributed by atoms with Crippen molar-refractivity contribution in [1.29, 1.82) is 0 Å². The highest BCUT2D eigenvalue weighted by atomic mass is 16.6. The fourth-order valence-electron chi connectivity index (χ4n) is 9.25. The van der Waals surface area contributed by atoms with Crippen molar-refractivity contribution in [1.82, 2.24) is 30.0 Å². The normalized spacial score (nSPS) is 16.6. The van der Waals surface area contributed by atoms with Crippen molar-refractivity contribution in [3.63, 3.8) is 0 Å². The van der Waals surface area contributed by atoms with Crippen LogP contribution in [0.1, 0.15) is 87.3 Å². The summed E-state index contributed by atoms with van der Waals surface area (Å²) in [6.45, 7) is 9.48. The predicted molar refractivity (Wildman–Crippen MR) is 267 cm³/mol. The van der Waals surface area contributed by atoms with E-state index in [2.05, 4.69) is 16.0 Å². The molecule has 4 N–H and O–H groups in total. The number of Topliss-reactive ketones (excluding diaryl/α,β-unsaturated/α-hetero) is 1. The lowest BCUT2D eigenvalue weighted by Crippen LogP contribution is -2.52. The first-order valence-corrected chi connectivity index (χ1v) is 24.5. The van der Waals surface area contributed by atoms with E-state index in [-0.39, 0.29) is 100 Å². The van der Waals surface area contributed by atoms with Crippen LogP contribution in [0.5, 0.6) is 5.75 Å². The zero-order valence-corrected chi connectivity index (χ0v) is 41.4. The summed E-state index contributed by atoms with van der Waals surface area (Å²) in [5.74, 6) is -2.24. The Labute approximate surface area is 421 Å². The van der Waals surface area contributed by atoms with E-state index in [1.807, 2.05) is 37.3 Å². The first-order valence-electron chi connectivity index (χ1n) is 24.5. The molecule has 382 valence electrons. The number of ketones is 1. The molecule has 3 atom stereocenters. The monoisotopic (exact) mass is 997 g/mol. The molecule has 0 bridgehead atoms. The molecular weight excluding hydrogens is 939 g/mol. The van der Waals surface area contributed by atoms with Crippen LogP contribution in [0.2, 0.25) is 0 Å². The Morgan fingerprint density at radius 3 is 2.18 bits per heavy atom. The summed E-state index contributed by atoms with van der Waals surface area (Å²) >= 11 is 0. The number of hydrogen-bond donors (Lipinski definition) is 4. The molecule has 19 nitrogen and oxygen atoms in total. The predicted octanol–water partition coefficient (Wildman–Crippen LogP) is 5.27. The molecule has 0 saturated carbocycles. The van der Waals surface area contributed by atoms with Crippen LogP contribution in [0.4, 0.5) is 15.3 Å². The number of carbonyl (C=O) groups is 7. The van der Waals surface area contributed by atoms with Gasteiger partial charge >= 0.3 is 18.2 Å². The number of esters is 1. The molecule has 5 heterocycles. The summed E-state index contributed by atoms with van der Waals surface area (Å²) in [6, 6.07) is 20.7. The van der Waals surface area contributed by atoms with E-state index in [4.69, 9.17) is 19.2 Å². The molecule has 0 radical (unpaired) electrons. The SMILES string of the molecule is CCc1c2c(nc3ccc(OC(=O)N4CCN(C(=O)OCc5ccc(NC(=O)[C@H](C)NC(=O)[C@H](Cc6ccccc6)NC(=O)CCC(=O)C(C)C)cc5)CC4)cc13)-c1cc3c(c(=O)n1C2)COC(=O)[C@]3(O)CC. The van der Waals surface area contributed by atoms with Crippen LogP contribution in [-0.4, -0.2) is 104 Å². The van der Waals surface area contributed by atoms with Crippen molar-refractivity contribution in [2.45, 2.75) is 104 Å². The van der Waals surface area contributed by atoms with Gasteiger partial charge < -0.3 is 49.6 Å². The van der Waals surface area contributed by atoms with Gasteiger partial charge in [-0.25, -0.2) is 19.4 Å². The second kappa shape index (κ2) is 21.8. The third-order valence-electron chi connectivity index (χ3n) is 13.6. The number of pyridine rings is 2. The van der Waals surface area contributed by atoms with Crippen molar-refractivity contribution < 1.29 is 52.9 Å². The van der Waals surface area contributed by atoms with Gasteiger partial charge in [0.1, 0.15) is 36.8 Å². The van der Waals surface area contributed by atoms with Crippen LogP contribution in [0.25, 0.3) is 22.3 Å². The van der Waals surface area contributed by atoms with E-state index < -0.39 is 53.6 Å². The number of anilines is 1. The van der Waals surface area contributed by atoms with Crippen LogP contribution in [-0.2, 0) is 71.6 Å². The number of aryl methyl sites for hydroxylation is 1. The van der Waals surface area contributed by atoms with Gasteiger partial charge in [0.05, 0.1) is 29.0 Å². The van der Waals surface area contributed by atoms with E-state index in [1.54, 1.807) is 73.9 Å². The number of aromatic nitrogens is 2. The second-order valence-electron chi connectivity index (χ2n) is 18.8. The van der Waals surface area contributed by atoms with Crippen LogP contribution < -0.4 is 26.2 Å². The van der Waals surface area contributed by atoms with Gasteiger partial charge in [0.15, 0.2) is 5.60 Å². The minimum Gasteiger partial charge on any atom is -0.458 e. The van der Waals surface area contributed by atoms with Gasteiger partial charge in [-0.15, -0.1) is 0 Å². The van der Waals surface area contributed by atoms with Gasteiger partial charge in [0, 0.05) is 73.6 Å². The fourth-order valence-corrected chi connectivity index (χ4v) is 9.25. The van der Waals surface area contributed by atoms with Crippen molar-refractivity contribution in [2.24, 2.45) is 5.92 Å². The van der Waals surface area contributed by atoms with Gasteiger partial charge in [-0.05, 0) is 72.9 Å². The van der Waals surface area contributed by atoms with E-state index in [0.717, 1.165) is 22.1 Å². The second-order valence-corrected chi connectivity index (χ2v) is 18.8. The van der Waals surface area contributed by atoms with Gasteiger partial charge in [-0.3, -0.25) is 24.0 Å². The summed E-state index contributed by atoms with van der Waals surface area (Å²) in [5.41, 5.74) is 3.55. The molecule has 5 amide bonds. The molecule has 0 aliphatic carbocycles. The van der Waals surface area contributed by atoms with E-state index >= 15 is 0 Å². The lowest BCUT2D eigenvalue weighted by molar-refractivity contribution is -0.172. The van der Waals surface area contributed by atoms with Gasteiger partial charge in [0.25, 0.3) is 5.56 Å². The van der Waals surface area contributed by atoms with Gasteiger partial charge in [-0.1, -0.05) is 70.2 Å². The lowest BCUT2D eigenvalue weighted by Gasteiger charge is -2.33. The van der Waals surface area contributed by atoms with Crippen LogP contribution in [0.3, 0.4) is 0 Å². The van der Waals surface area contributed by atoms with E-state index in [1.165, 1.54) is 16.7 Å². The zero-order valence-electron chi connectivity index (χ0n) is 41.4. The number of rotatable bonds is 16. The van der Waals surface area contributed by atoms with Crippen LogP contribution in [0, 0.1) is 5.92 Å². The average molecular weight is 998 g/mol. The van der Waals surface area contributed by atoms with Crippen molar-refractivity contribution in [3.8, 4) is 17.1 Å². The number of amides is 5. The lowest BCUT2D eigenvalue weighted by atomic mass is 9.86. The highest BCUT2D eigenvalue weighted by molar-refractivity contribution is 5.98. The largest absolute Gasteiger partial charge is 0.458 e. The number of aliphatic hydroxyl groups is 1. The Bertz CT molecular complexity index is 3040. The molecule has 5 aromatic rings. The minimum absolute atomic E-state index is 0.0377. The summed E-state index contributed by atoms with van der Waals surface area (Å²) in [4.78, 5) is 112. The van der Waals surface area contributed by atoms with Crippen LogP contribution >= 0.6 is 0 Å². The van der Waals surface area contributed by atoms with E-state index in [9.17, 15) is 43.5 Å². The third-order valence-corrected chi connectivity index (χ3v) is 13.6. The molecule has 1 saturated heterocycles. The average Bonchev–Trinajstić information content (AvgIpc) is 3.76. The maximum absolute atomic E-state index is 13.7. The van der Waals surface area contributed by atoms with Crippen molar-refractivity contribution in [2.75, 3.05) is 31.5 Å². The number of carbonyl (C=O) groups excluding carboxylic acids is 7. The topological polar surface area (TPSA) is 245 Å². The number of ether oxygens (including phenoxy) is 3. The molecular formula is C54H59N7O12. The maximum Gasteiger partial charge on any atom is 0.415 e. The molecule has 8 rings (SSSR count). The number of nitrogens with zero attached hydrogens (tertiary/aromatic N) is 4. The fraction of sp³-hybridized carbons (Fsp3) is 0.389.